The fourth-order valence-electron chi connectivity index (χ4n) is 1.66. The van der Waals surface area contributed by atoms with Crippen LogP contribution in [0.2, 0.25) is 0 Å². The Morgan fingerprint density at radius 2 is 2.10 bits per heavy atom. The van der Waals surface area contributed by atoms with Crippen LogP contribution >= 0.6 is 0 Å². The second-order valence-electron chi connectivity index (χ2n) is 4.67. The Morgan fingerprint density at radius 1 is 1.45 bits per heavy atom. The van der Waals surface area contributed by atoms with Crippen LogP contribution in [-0.4, -0.2) is 34.6 Å². The van der Waals surface area contributed by atoms with E-state index in [1.54, 1.807) is 26.0 Å². The number of rotatable bonds is 5. The van der Waals surface area contributed by atoms with Gasteiger partial charge in [0.25, 0.3) is 0 Å². The molecule has 6 heteroatoms. The van der Waals surface area contributed by atoms with Crippen LogP contribution in [0.4, 0.5) is 14.9 Å². The molecule has 0 saturated heterocycles. The maximum absolute atomic E-state index is 13.4. The average Bonchev–Trinajstić information content (AvgIpc) is 2.39. The van der Waals surface area contributed by atoms with Gasteiger partial charge in [0.05, 0.1) is 0 Å². The number of hydrogen-bond donors (Lipinski definition) is 2. The molecule has 0 aliphatic carbocycles. The monoisotopic (exact) mass is 282 g/mol. The van der Waals surface area contributed by atoms with Crippen molar-refractivity contribution in [3.05, 3.63) is 29.6 Å². The van der Waals surface area contributed by atoms with E-state index in [0.29, 0.717) is 17.7 Å². The molecule has 110 valence electrons. The van der Waals surface area contributed by atoms with Gasteiger partial charge in [-0.3, -0.25) is 4.79 Å². The van der Waals surface area contributed by atoms with E-state index in [4.69, 9.17) is 5.11 Å². The topological polar surface area (TPSA) is 69.6 Å². The van der Waals surface area contributed by atoms with Gasteiger partial charge in [-0.05, 0) is 38.0 Å². The highest BCUT2D eigenvalue weighted by Crippen LogP contribution is 2.15. The predicted molar refractivity (Wildman–Crippen MR) is 74.3 cm³/mol. The first kappa shape index (κ1) is 15.9. The maximum Gasteiger partial charge on any atom is 0.323 e. The summed E-state index contributed by atoms with van der Waals surface area (Å²) in [5, 5.41) is 11.4. The summed E-state index contributed by atoms with van der Waals surface area (Å²) in [6.07, 6.45) is 0.628. The highest BCUT2D eigenvalue weighted by Gasteiger charge is 2.21. The zero-order chi connectivity index (χ0) is 15.3. The van der Waals surface area contributed by atoms with Crippen LogP contribution in [0.3, 0.4) is 0 Å². The molecule has 0 radical (unpaired) electrons. The molecule has 2 amide bonds. The zero-order valence-corrected chi connectivity index (χ0v) is 11.8. The molecule has 0 saturated carbocycles. The molecule has 1 rings (SSSR count). The fourth-order valence-corrected chi connectivity index (χ4v) is 1.66. The molecule has 2 N–H and O–H groups in total. The van der Waals surface area contributed by atoms with Gasteiger partial charge in [-0.1, -0.05) is 13.0 Å². The number of carbonyl (C=O) groups is 2. The van der Waals surface area contributed by atoms with Crippen LogP contribution in [0.5, 0.6) is 0 Å². The lowest BCUT2D eigenvalue weighted by Gasteiger charge is -2.27. The molecule has 0 heterocycles. The van der Waals surface area contributed by atoms with Crippen molar-refractivity contribution in [1.29, 1.82) is 0 Å². The van der Waals surface area contributed by atoms with Crippen LogP contribution in [0, 0.1) is 12.7 Å². The molecule has 20 heavy (non-hydrogen) atoms. The Hall–Kier alpha value is -2.11. The average molecular weight is 282 g/mol. The largest absolute Gasteiger partial charge is 0.480 e. The van der Waals surface area contributed by atoms with E-state index in [1.165, 1.54) is 11.0 Å². The lowest BCUT2D eigenvalue weighted by atomic mass is 10.2. The quantitative estimate of drug-likeness (QED) is 0.872. The fraction of sp³-hybridized carbons (Fsp3) is 0.429. The van der Waals surface area contributed by atoms with Crippen molar-refractivity contribution in [2.45, 2.75) is 33.2 Å². The molecule has 1 unspecified atom stereocenters. The number of halogens is 1. The van der Waals surface area contributed by atoms with Gasteiger partial charge in [0.15, 0.2) is 0 Å². The number of urea groups is 1. The molecule has 0 aliphatic rings. The normalized spacial score (nSPS) is 11.8. The van der Waals surface area contributed by atoms with Crippen LogP contribution < -0.4 is 5.32 Å². The SMILES string of the molecule is CCC(C)N(CC(=O)O)C(=O)Nc1ccc(C)c(F)c1. The van der Waals surface area contributed by atoms with E-state index < -0.39 is 24.4 Å². The highest BCUT2D eigenvalue weighted by molar-refractivity contribution is 5.91. The van der Waals surface area contributed by atoms with Crippen LogP contribution in [-0.2, 0) is 4.79 Å². The molecule has 1 aromatic carbocycles. The van der Waals surface area contributed by atoms with Crippen LogP contribution in [0.25, 0.3) is 0 Å². The number of anilines is 1. The first-order chi connectivity index (χ1) is 9.35. The van der Waals surface area contributed by atoms with Gasteiger partial charge in [-0.15, -0.1) is 0 Å². The van der Waals surface area contributed by atoms with Crippen molar-refractivity contribution < 1.29 is 19.1 Å². The highest BCUT2D eigenvalue weighted by atomic mass is 19.1. The second-order valence-corrected chi connectivity index (χ2v) is 4.67. The maximum atomic E-state index is 13.4. The molecule has 0 fully saturated rings. The minimum absolute atomic E-state index is 0.221. The van der Waals surface area contributed by atoms with Crippen molar-refractivity contribution in [2.24, 2.45) is 0 Å². The van der Waals surface area contributed by atoms with E-state index in [-0.39, 0.29) is 6.04 Å². The van der Waals surface area contributed by atoms with Crippen molar-refractivity contribution in [2.75, 3.05) is 11.9 Å². The molecule has 1 atom stereocenters. The van der Waals surface area contributed by atoms with Crippen LogP contribution in [0.1, 0.15) is 25.8 Å². The van der Waals surface area contributed by atoms with Crippen molar-refractivity contribution >= 4 is 17.7 Å². The lowest BCUT2D eigenvalue weighted by Crippen LogP contribution is -2.44. The summed E-state index contributed by atoms with van der Waals surface area (Å²) in [7, 11) is 0. The predicted octanol–water partition coefficient (Wildman–Crippen LogP) is 2.85. The molecular formula is C14H19FN2O3. The first-order valence-corrected chi connectivity index (χ1v) is 6.40. The summed E-state index contributed by atoms with van der Waals surface area (Å²) < 4.78 is 13.4. The molecule has 0 bridgehead atoms. The molecule has 0 spiro atoms. The lowest BCUT2D eigenvalue weighted by molar-refractivity contribution is -0.138. The number of aliphatic carboxylic acids is 1. The Balaban J connectivity index is 2.84. The van der Waals surface area contributed by atoms with Gasteiger partial charge < -0.3 is 15.3 Å². The smallest absolute Gasteiger partial charge is 0.323 e. The van der Waals surface area contributed by atoms with Gasteiger partial charge in [-0.2, -0.15) is 0 Å². The van der Waals surface area contributed by atoms with E-state index in [9.17, 15) is 14.0 Å². The van der Waals surface area contributed by atoms with E-state index in [2.05, 4.69) is 5.32 Å². The minimum atomic E-state index is -1.09. The number of carbonyl (C=O) groups excluding carboxylic acids is 1. The Labute approximate surface area is 117 Å². The first-order valence-electron chi connectivity index (χ1n) is 6.40. The Morgan fingerprint density at radius 3 is 2.60 bits per heavy atom. The number of nitrogens with zero attached hydrogens (tertiary/aromatic N) is 1. The molecule has 5 nitrogen and oxygen atoms in total. The number of hydrogen-bond acceptors (Lipinski definition) is 2. The third kappa shape index (κ3) is 4.22. The van der Waals surface area contributed by atoms with Crippen molar-refractivity contribution in [3.8, 4) is 0 Å². The minimum Gasteiger partial charge on any atom is -0.480 e. The Bertz CT molecular complexity index is 505. The third-order valence-corrected chi connectivity index (χ3v) is 3.11. The number of amides is 2. The summed E-state index contributed by atoms with van der Waals surface area (Å²) in [5.74, 6) is -1.51. The van der Waals surface area contributed by atoms with Crippen LogP contribution in [0.15, 0.2) is 18.2 Å². The third-order valence-electron chi connectivity index (χ3n) is 3.11. The zero-order valence-electron chi connectivity index (χ0n) is 11.8. The molecule has 0 aromatic heterocycles. The standard InChI is InChI=1S/C14H19FN2O3/c1-4-10(3)17(8-13(18)19)14(20)16-11-6-5-9(2)12(15)7-11/h5-7,10H,4,8H2,1-3H3,(H,16,20)(H,18,19). The molecule has 1 aromatic rings. The van der Waals surface area contributed by atoms with Crippen molar-refractivity contribution in [3.63, 3.8) is 0 Å². The summed E-state index contributed by atoms with van der Waals surface area (Å²) in [4.78, 5) is 24.1. The number of aryl methyl sites for hydroxylation is 1. The Kier molecular flexibility index (Phi) is 5.49. The van der Waals surface area contributed by atoms with Crippen molar-refractivity contribution in [1.82, 2.24) is 4.90 Å². The summed E-state index contributed by atoms with van der Waals surface area (Å²) in [6.45, 7) is 4.85. The van der Waals surface area contributed by atoms with Gasteiger partial charge >= 0.3 is 12.0 Å². The summed E-state index contributed by atoms with van der Waals surface area (Å²) in [5.41, 5.74) is 0.782. The summed E-state index contributed by atoms with van der Waals surface area (Å²) >= 11 is 0. The van der Waals surface area contributed by atoms with E-state index in [1.807, 2.05) is 6.92 Å². The number of nitrogens with one attached hydrogen (secondary N) is 1. The number of carboxylic acids is 1. The van der Waals surface area contributed by atoms with Gasteiger partial charge in [-0.25, -0.2) is 9.18 Å². The van der Waals surface area contributed by atoms with E-state index in [0.717, 1.165) is 0 Å². The second kappa shape index (κ2) is 6.88. The van der Waals surface area contributed by atoms with E-state index >= 15 is 0 Å². The molecular weight excluding hydrogens is 263 g/mol. The molecule has 0 aliphatic heterocycles. The van der Waals surface area contributed by atoms with Gasteiger partial charge in [0, 0.05) is 11.7 Å². The number of carboxylic acid groups (broad SMARTS) is 1. The number of benzene rings is 1. The summed E-state index contributed by atoms with van der Waals surface area (Å²) in [6, 6.07) is 3.57. The van der Waals surface area contributed by atoms with Gasteiger partial charge in [0.2, 0.25) is 0 Å². The van der Waals surface area contributed by atoms with Gasteiger partial charge in [0.1, 0.15) is 12.4 Å².